The molecule has 1 aliphatic rings. The molecule has 37 heavy (non-hydrogen) atoms. The monoisotopic (exact) mass is 543 g/mol. The number of anilines is 3. The first-order valence-electron chi connectivity index (χ1n) is 12.1. The number of amides is 1. The molecule has 1 fully saturated rings. The lowest BCUT2D eigenvalue weighted by Gasteiger charge is -2.31. The zero-order valence-electron chi connectivity index (χ0n) is 20.8. The van der Waals surface area contributed by atoms with Gasteiger partial charge in [0, 0.05) is 24.2 Å². The molecular formula is C25H30ClN7O3S. The lowest BCUT2D eigenvalue weighted by Crippen LogP contribution is -2.37. The number of hydrogen-bond donors (Lipinski definition) is 3. The highest BCUT2D eigenvalue weighted by Crippen LogP contribution is 2.30. The van der Waals surface area contributed by atoms with Crippen LogP contribution in [0.25, 0.3) is 0 Å². The van der Waals surface area contributed by atoms with Gasteiger partial charge in [0.15, 0.2) is 5.13 Å². The fourth-order valence-corrected chi connectivity index (χ4v) is 5.20. The number of piperidine rings is 1. The van der Waals surface area contributed by atoms with Crippen LogP contribution < -0.4 is 16.4 Å². The Hall–Kier alpha value is -3.12. The van der Waals surface area contributed by atoms with E-state index in [1.54, 1.807) is 12.1 Å². The van der Waals surface area contributed by atoms with Gasteiger partial charge in [-0.3, -0.25) is 14.5 Å². The minimum absolute atomic E-state index is 0.187. The van der Waals surface area contributed by atoms with Crippen LogP contribution in [-0.4, -0.2) is 58.0 Å². The number of nitrogens with one attached hydrogen (secondary N) is 2. The molecular weight excluding hydrogens is 514 g/mol. The first kappa shape index (κ1) is 26.9. The van der Waals surface area contributed by atoms with E-state index < -0.39 is 0 Å². The zero-order chi connectivity index (χ0) is 26.4. The van der Waals surface area contributed by atoms with E-state index in [1.807, 2.05) is 26.0 Å². The molecule has 3 aromatic rings. The number of nitrogens with two attached hydrogens (primary N) is 1. The van der Waals surface area contributed by atoms with E-state index in [-0.39, 0.29) is 24.3 Å². The second kappa shape index (κ2) is 12.4. The standard InChI is InChI=1S/C25H30ClN7O3S/c1-3-36-22(34)14-33-9-7-16(8-10-33)19-11-21(30-15(2)29-19)31-25-28-13-20(37-25)24(35)32-23-17(12-27)5-4-6-18(23)26/h4-6,11,13,16H,3,7-10,12,14,27H2,1-2H3,(H,32,35)(H,28,29,30,31). The van der Waals surface area contributed by atoms with Crippen LogP contribution >= 0.6 is 22.9 Å². The van der Waals surface area contributed by atoms with Gasteiger partial charge in [0.05, 0.1) is 30.1 Å². The van der Waals surface area contributed by atoms with Crippen molar-refractivity contribution >= 4 is 51.5 Å². The van der Waals surface area contributed by atoms with Crippen LogP contribution in [0, 0.1) is 6.92 Å². The molecule has 1 aliphatic heterocycles. The van der Waals surface area contributed by atoms with Crippen molar-refractivity contribution < 1.29 is 14.3 Å². The molecule has 4 rings (SSSR count). The van der Waals surface area contributed by atoms with Gasteiger partial charge < -0.3 is 21.1 Å². The average molecular weight is 544 g/mol. The number of likely N-dealkylation sites (tertiary alicyclic amines) is 1. The van der Waals surface area contributed by atoms with Crippen LogP contribution in [0.15, 0.2) is 30.5 Å². The van der Waals surface area contributed by atoms with Gasteiger partial charge in [-0.15, -0.1) is 0 Å². The van der Waals surface area contributed by atoms with E-state index in [2.05, 4.69) is 30.5 Å². The van der Waals surface area contributed by atoms with E-state index >= 15 is 0 Å². The molecule has 4 N–H and O–H groups in total. The quantitative estimate of drug-likeness (QED) is 0.341. The Morgan fingerprint density at radius 1 is 1.27 bits per heavy atom. The lowest BCUT2D eigenvalue weighted by molar-refractivity contribution is -0.144. The number of carbonyl (C=O) groups excluding carboxylic acids is 2. The van der Waals surface area contributed by atoms with E-state index in [0.29, 0.717) is 45.5 Å². The number of halogens is 1. The van der Waals surface area contributed by atoms with E-state index in [4.69, 9.17) is 22.1 Å². The summed E-state index contributed by atoms with van der Waals surface area (Å²) in [6.07, 6.45) is 3.29. The number of rotatable bonds is 9. The largest absolute Gasteiger partial charge is 0.465 e. The summed E-state index contributed by atoms with van der Waals surface area (Å²) in [6, 6.07) is 7.24. The summed E-state index contributed by atoms with van der Waals surface area (Å²) in [5.41, 5.74) is 7.98. The molecule has 3 heterocycles. The molecule has 0 unspecified atom stereocenters. The van der Waals surface area contributed by atoms with Gasteiger partial charge in [-0.1, -0.05) is 35.1 Å². The fraction of sp³-hybridized carbons (Fsp3) is 0.400. The van der Waals surface area contributed by atoms with Gasteiger partial charge in [0.1, 0.15) is 16.5 Å². The Balaban J connectivity index is 1.39. The summed E-state index contributed by atoms with van der Waals surface area (Å²) in [5.74, 6) is 1.03. The van der Waals surface area contributed by atoms with Crippen molar-refractivity contribution in [1.82, 2.24) is 19.9 Å². The molecule has 1 saturated heterocycles. The van der Waals surface area contributed by atoms with Gasteiger partial charge in [0.25, 0.3) is 5.91 Å². The SMILES string of the molecule is CCOC(=O)CN1CCC(c2cc(Nc3ncc(C(=O)Nc4c(Cl)cccc4CN)s3)nc(C)n2)CC1. The smallest absolute Gasteiger partial charge is 0.320 e. The van der Waals surface area contributed by atoms with Crippen molar-refractivity contribution in [3.8, 4) is 0 Å². The molecule has 0 saturated carbocycles. The Morgan fingerprint density at radius 2 is 2.05 bits per heavy atom. The highest BCUT2D eigenvalue weighted by Gasteiger charge is 2.24. The molecule has 0 spiro atoms. The van der Waals surface area contributed by atoms with Crippen LogP contribution in [0.1, 0.15) is 52.4 Å². The number of hydrogen-bond acceptors (Lipinski definition) is 10. The number of ether oxygens (including phenoxy) is 1. The fourth-order valence-electron chi connectivity index (χ4n) is 4.24. The number of thiazole rings is 1. The second-order valence-corrected chi connectivity index (χ2v) is 10.1. The third-order valence-electron chi connectivity index (χ3n) is 6.04. The summed E-state index contributed by atoms with van der Waals surface area (Å²) in [5, 5.41) is 7.01. The van der Waals surface area contributed by atoms with Crippen molar-refractivity contribution in [2.45, 2.75) is 39.2 Å². The maximum atomic E-state index is 12.8. The summed E-state index contributed by atoms with van der Waals surface area (Å²) >= 11 is 7.47. The van der Waals surface area contributed by atoms with E-state index in [1.165, 1.54) is 17.5 Å². The van der Waals surface area contributed by atoms with Crippen molar-refractivity contribution in [2.75, 3.05) is 36.9 Å². The maximum Gasteiger partial charge on any atom is 0.320 e. The molecule has 0 bridgehead atoms. The third kappa shape index (κ3) is 7.01. The second-order valence-electron chi connectivity index (χ2n) is 8.67. The van der Waals surface area contributed by atoms with Gasteiger partial charge in [-0.25, -0.2) is 15.0 Å². The lowest BCUT2D eigenvalue weighted by atomic mass is 9.93. The Bertz CT molecular complexity index is 1260. The van der Waals surface area contributed by atoms with Crippen molar-refractivity contribution in [3.63, 3.8) is 0 Å². The van der Waals surface area contributed by atoms with Crippen molar-refractivity contribution in [3.05, 3.63) is 57.4 Å². The van der Waals surface area contributed by atoms with Crippen LogP contribution in [0.4, 0.5) is 16.6 Å². The van der Waals surface area contributed by atoms with Crippen LogP contribution in [0.2, 0.25) is 5.02 Å². The molecule has 2 aromatic heterocycles. The summed E-state index contributed by atoms with van der Waals surface area (Å²) in [4.78, 5) is 40.6. The Labute approximate surface area is 224 Å². The van der Waals surface area contributed by atoms with Crippen molar-refractivity contribution in [2.24, 2.45) is 5.73 Å². The van der Waals surface area contributed by atoms with E-state index in [0.717, 1.165) is 37.2 Å². The maximum absolute atomic E-state index is 12.8. The highest BCUT2D eigenvalue weighted by atomic mass is 35.5. The number of benzene rings is 1. The van der Waals surface area contributed by atoms with Gasteiger partial charge >= 0.3 is 5.97 Å². The first-order valence-corrected chi connectivity index (χ1v) is 13.3. The number of nitrogens with zero attached hydrogens (tertiary/aromatic N) is 4. The third-order valence-corrected chi connectivity index (χ3v) is 7.27. The summed E-state index contributed by atoms with van der Waals surface area (Å²) in [6.45, 7) is 6.24. The van der Waals surface area contributed by atoms with Crippen LogP contribution in [0.3, 0.4) is 0 Å². The molecule has 0 aliphatic carbocycles. The van der Waals surface area contributed by atoms with Crippen LogP contribution in [0.5, 0.6) is 0 Å². The van der Waals surface area contributed by atoms with Gasteiger partial charge in [0.2, 0.25) is 0 Å². The van der Waals surface area contributed by atoms with Crippen LogP contribution in [-0.2, 0) is 16.1 Å². The number of aryl methyl sites for hydroxylation is 1. The molecule has 0 atom stereocenters. The number of aromatic nitrogens is 3. The summed E-state index contributed by atoms with van der Waals surface area (Å²) < 4.78 is 5.06. The first-order chi connectivity index (χ1) is 17.9. The predicted octanol–water partition coefficient (Wildman–Crippen LogP) is 4.09. The number of carbonyl (C=O) groups is 2. The van der Waals surface area contributed by atoms with Crippen molar-refractivity contribution in [1.29, 1.82) is 0 Å². The molecule has 0 radical (unpaired) electrons. The normalized spacial score (nSPS) is 14.4. The molecule has 1 amide bonds. The predicted molar refractivity (Wildman–Crippen MR) is 145 cm³/mol. The number of esters is 1. The molecule has 1 aromatic carbocycles. The molecule has 196 valence electrons. The zero-order valence-corrected chi connectivity index (χ0v) is 22.4. The van der Waals surface area contributed by atoms with Gasteiger partial charge in [-0.05, 0) is 51.4 Å². The van der Waals surface area contributed by atoms with E-state index in [9.17, 15) is 9.59 Å². The average Bonchev–Trinajstić information content (AvgIpc) is 3.34. The molecule has 12 heteroatoms. The minimum atomic E-state index is -0.317. The topological polar surface area (TPSA) is 135 Å². The van der Waals surface area contributed by atoms with Gasteiger partial charge in [-0.2, -0.15) is 0 Å². The summed E-state index contributed by atoms with van der Waals surface area (Å²) in [7, 11) is 0. The molecule has 10 nitrogen and oxygen atoms in total. The Kier molecular flexibility index (Phi) is 9.04. The minimum Gasteiger partial charge on any atom is -0.465 e. The number of para-hydroxylation sites is 1. The highest BCUT2D eigenvalue weighted by molar-refractivity contribution is 7.17. The Morgan fingerprint density at radius 3 is 2.78 bits per heavy atom.